The van der Waals surface area contributed by atoms with Crippen molar-refractivity contribution in [3.8, 4) is 28.3 Å². The Morgan fingerprint density at radius 2 is 1.31 bits per heavy atom. The summed E-state index contributed by atoms with van der Waals surface area (Å²) in [5.41, 5.74) is 3.05. The number of nitriles is 1. The second-order valence-electron chi connectivity index (χ2n) is 7.83. The van der Waals surface area contributed by atoms with Gasteiger partial charge in [-0.1, -0.05) is 67.6 Å². The van der Waals surface area contributed by atoms with Crippen molar-refractivity contribution in [2.45, 2.75) is 19.3 Å². The summed E-state index contributed by atoms with van der Waals surface area (Å²) in [6.07, 6.45) is 0.857. The van der Waals surface area contributed by atoms with Gasteiger partial charge < -0.3 is 0 Å². The van der Waals surface area contributed by atoms with Gasteiger partial charge in [0.2, 0.25) is 0 Å². The highest BCUT2D eigenvalue weighted by molar-refractivity contribution is 5.72. The molecule has 4 heteroatoms. The molecule has 0 N–H and O–H groups in total. The van der Waals surface area contributed by atoms with E-state index in [9.17, 15) is 13.2 Å². The zero-order valence-electron chi connectivity index (χ0n) is 17.4. The normalized spacial score (nSPS) is 11.7. The van der Waals surface area contributed by atoms with Crippen molar-refractivity contribution in [2.75, 3.05) is 0 Å². The van der Waals surface area contributed by atoms with Crippen molar-refractivity contribution in [1.82, 2.24) is 0 Å². The lowest BCUT2D eigenvalue weighted by Gasteiger charge is -2.13. The van der Waals surface area contributed by atoms with E-state index in [2.05, 4.69) is 19.1 Å². The van der Waals surface area contributed by atoms with E-state index < -0.39 is 17.5 Å². The number of hydrogen-bond acceptors (Lipinski definition) is 1. The van der Waals surface area contributed by atoms with Crippen molar-refractivity contribution in [2.24, 2.45) is 0 Å². The lowest BCUT2D eigenvalue weighted by atomic mass is 9.92. The Balaban J connectivity index is 1.58. The minimum Gasteiger partial charge on any atom is -0.206 e. The van der Waals surface area contributed by atoms with Crippen molar-refractivity contribution >= 4 is 0 Å². The molecule has 0 radical (unpaired) electrons. The van der Waals surface area contributed by atoms with Gasteiger partial charge >= 0.3 is 0 Å². The van der Waals surface area contributed by atoms with E-state index in [-0.39, 0.29) is 16.7 Å². The van der Waals surface area contributed by atoms with Gasteiger partial charge in [-0.2, -0.15) is 5.26 Å². The van der Waals surface area contributed by atoms with E-state index in [0.29, 0.717) is 17.0 Å². The van der Waals surface area contributed by atoms with Gasteiger partial charge in [0, 0.05) is 0 Å². The molecule has 4 aromatic rings. The van der Waals surface area contributed by atoms with Crippen LogP contribution < -0.4 is 0 Å². The summed E-state index contributed by atoms with van der Waals surface area (Å²) in [6.45, 7) is 2.17. The lowest BCUT2D eigenvalue weighted by Crippen LogP contribution is -1.98. The van der Waals surface area contributed by atoms with Crippen LogP contribution in [0, 0.1) is 28.8 Å². The molecule has 0 aromatic heterocycles. The van der Waals surface area contributed by atoms with Crippen LogP contribution in [0.15, 0.2) is 84.9 Å². The molecule has 1 nitrogen and oxygen atoms in total. The van der Waals surface area contributed by atoms with Gasteiger partial charge in [-0.05, 0) is 64.4 Å². The van der Waals surface area contributed by atoms with Crippen molar-refractivity contribution in [3.05, 3.63) is 119 Å². The van der Waals surface area contributed by atoms with Crippen LogP contribution in [0.5, 0.6) is 0 Å². The van der Waals surface area contributed by atoms with Crippen LogP contribution in [0.25, 0.3) is 22.3 Å². The number of benzene rings is 4. The van der Waals surface area contributed by atoms with Gasteiger partial charge in [0.25, 0.3) is 0 Å². The molecule has 4 aromatic carbocycles. The number of hydrogen-bond donors (Lipinski definition) is 0. The summed E-state index contributed by atoms with van der Waals surface area (Å²) in [5.74, 6) is -2.03. The maximum atomic E-state index is 14.8. The Morgan fingerprint density at radius 1 is 0.719 bits per heavy atom. The number of nitrogens with zero attached hydrogens (tertiary/aromatic N) is 1. The minimum atomic E-state index is -0.812. The molecular weight excluding hydrogens is 407 g/mol. The van der Waals surface area contributed by atoms with Crippen LogP contribution in [0.1, 0.15) is 29.5 Å². The third-order valence-electron chi connectivity index (χ3n) is 5.62. The number of halogens is 3. The van der Waals surface area contributed by atoms with Crippen molar-refractivity contribution in [1.29, 1.82) is 5.26 Å². The van der Waals surface area contributed by atoms with Gasteiger partial charge in [0.15, 0.2) is 0 Å². The minimum absolute atomic E-state index is 0.0493. The third kappa shape index (κ3) is 4.43. The molecule has 0 unspecified atom stereocenters. The average Bonchev–Trinajstić information content (AvgIpc) is 2.80. The Bertz CT molecular complexity index is 1270. The van der Waals surface area contributed by atoms with Crippen LogP contribution >= 0.6 is 0 Å². The molecule has 0 aliphatic heterocycles. The molecule has 32 heavy (non-hydrogen) atoms. The summed E-state index contributed by atoms with van der Waals surface area (Å²) in [7, 11) is 0. The van der Waals surface area contributed by atoms with Crippen LogP contribution in [-0.2, 0) is 6.42 Å². The van der Waals surface area contributed by atoms with E-state index in [1.165, 1.54) is 29.8 Å². The smallest absolute Gasteiger partial charge is 0.141 e. The predicted molar refractivity (Wildman–Crippen MR) is 120 cm³/mol. The van der Waals surface area contributed by atoms with Crippen molar-refractivity contribution in [3.63, 3.8) is 0 Å². The van der Waals surface area contributed by atoms with Crippen molar-refractivity contribution < 1.29 is 13.2 Å². The van der Waals surface area contributed by atoms with Crippen LogP contribution in [0.3, 0.4) is 0 Å². The summed E-state index contributed by atoms with van der Waals surface area (Å²) in [5, 5.41) is 8.84. The molecule has 0 saturated heterocycles. The molecule has 0 bridgehead atoms. The van der Waals surface area contributed by atoms with E-state index in [0.717, 1.165) is 18.1 Å². The van der Waals surface area contributed by atoms with E-state index in [1.54, 1.807) is 6.07 Å². The van der Waals surface area contributed by atoms with Crippen LogP contribution in [-0.4, -0.2) is 0 Å². The molecule has 0 aliphatic carbocycles. The van der Waals surface area contributed by atoms with Gasteiger partial charge in [-0.15, -0.1) is 0 Å². The summed E-state index contributed by atoms with van der Waals surface area (Å²) >= 11 is 0. The van der Waals surface area contributed by atoms with Crippen LogP contribution in [0.4, 0.5) is 13.2 Å². The maximum absolute atomic E-state index is 14.8. The first-order chi connectivity index (χ1) is 15.5. The lowest BCUT2D eigenvalue weighted by molar-refractivity contribution is 0.589. The SMILES string of the molecule is C[C@H](Cc1ccc(-c2cc(F)c(-c3ccc(C#N)c(F)c3)c(F)c2)cc1)c1ccccc1. The summed E-state index contributed by atoms with van der Waals surface area (Å²) in [4.78, 5) is 0. The first kappa shape index (κ1) is 21.4. The monoisotopic (exact) mass is 427 g/mol. The molecule has 4 rings (SSSR count). The molecule has 0 saturated carbocycles. The summed E-state index contributed by atoms with van der Waals surface area (Å²) < 4.78 is 43.5. The fourth-order valence-electron chi connectivity index (χ4n) is 3.86. The maximum Gasteiger partial charge on any atom is 0.141 e. The molecule has 1 atom stereocenters. The third-order valence-corrected chi connectivity index (χ3v) is 5.62. The molecule has 0 aliphatic rings. The highest BCUT2D eigenvalue weighted by Gasteiger charge is 2.16. The Kier molecular flexibility index (Phi) is 6.09. The average molecular weight is 427 g/mol. The Hall–Kier alpha value is -3.84. The van der Waals surface area contributed by atoms with Gasteiger partial charge in [0.05, 0.1) is 11.1 Å². The second-order valence-corrected chi connectivity index (χ2v) is 7.83. The molecule has 0 spiro atoms. The zero-order valence-corrected chi connectivity index (χ0v) is 17.4. The Morgan fingerprint density at radius 3 is 1.91 bits per heavy atom. The van der Waals surface area contributed by atoms with Gasteiger partial charge in [0.1, 0.15) is 23.5 Å². The first-order valence-electron chi connectivity index (χ1n) is 10.3. The number of rotatable bonds is 5. The van der Waals surface area contributed by atoms with Crippen LogP contribution in [0.2, 0.25) is 0 Å². The first-order valence-corrected chi connectivity index (χ1v) is 10.3. The van der Waals surface area contributed by atoms with E-state index in [4.69, 9.17) is 5.26 Å². The molecular formula is C28H20F3N. The fraction of sp³-hybridized carbons (Fsp3) is 0.107. The van der Waals surface area contributed by atoms with E-state index in [1.807, 2.05) is 42.5 Å². The molecule has 0 amide bonds. The molecule has 0 fully saturated rings. The second kappa shape index (κ2) is 9.11. The standard InChI is InChI=1S/C28H20F3N/c1-18(20-5-3-2-4-6-20)13-19-7-9-21(10-8-19)24-15-26(30)28(27(31)16-24)22-11-12-23(17-32)25(29)14-22/h2-12,14-16,18H,13H2,1H3/t18-/m1/s1. The predicted octanol–water partition coefficient (Wildman–Crippen LogP) is 7.66. The largest absolute Gasteiger partial charge is 0.206 e. The highest BCUT2D eigenvalue weighted by atomic mass is 19.1. The molecule has 0 heterocycles. The highest BCUT2D eigenvalue weighted by Crippen LogP contribution is 2.32. The van der Waals surface area contributed by atoms with Gasteiger partial charge in [-0.3, -0.25) is 0 Å². The topological polar surface area (TPSA) is 23.8 Å². The Labute approximate surface area is 185 Å². The molecule has 158 valence electrons. The fourth-order valence-corrected chi connectivity index (χ4v) is 3.86. The summed E-state index contributed by atoms with van der Waals surface area (Å²) in [6, 6.07) is 25.6. The zero-order chi connectivity index (χ0) is 22.7. The van der Waals surface area contributed by atoms with Gasteiger partial charge in [-0.25, -0.2) is 13.2 Å². The van der Waals surface area contributed by atoms with E-state index >= 15 is 0 Å². The quantitative estimate of drug-likeness (QED) is 0.321.